The molecule has 0 aliphatic carbocycles. The molecule has 0 bridgehead atoms. The molecule has 1 heterocycles. The minimum absolute atomic E-state index is 0.0133. The first kappa shape index (κ1) is 15.8. The van der Waals surface area contributed by atoms with Gasteiger partial charge in [-0.15, -0.1) is 0 Å². The summed E-state index contributed by atoms with van der Waals surface area (Å²) in [4.78, 5) is 3.99. The van der Waals surface area contributed by atoms with Crippen LogP contribution in [0.5, 0.6) is 0 Å². The van der Waals surface area contributed by atoms with Crippen LogP contribution in [-0.2, 0) is 10.0 Å². The second-order valence-corrected chi connectivity index (χ2v) is 7.15. The summed E-state index contributed by atoms with van der Waals surface area (Å²) in [6.45, 7) is 1.98. The Morgan fingerprint density at radius 1 is 1.50 bits per heavy atom. The topological polar surface area (TPSA) is 50.3 Å². The fourth-order valence-electron chi connectivity index (χ4n) is 1.55. The van der Waals surface area contributed by atoms with Crippen molar-refractivity contribution in [1.82, 2.24) is 9.29 Å². The van der Waals surface area contributed by atoms with Crippen molar-refractivity contribution >= 4 is 33.4 Å². The van der Waals surface area contributed by atoms with Crippen LogP contribution in [0.4, 0.5) is 0 Å². The number of nitrogens with zero attached hydrogens (tertiary/aromatic N) is 2. The highest BCUT2D eigenvalue weighted by Crippen LogP contribution is 2.20. The van der Waals surface area contributed by atoms with Crippen LogP contribution in [0.2, 0.25) is 5.15 Å². The number of sulfonamides is 1. The molecule has 4 nitrogen and oxygen atoms in total. The Kier molecular flexibility index (Phi) is 5.91. The van der Waals surface area contributed by atoms with E-state index in [4.69, 9.17) is 11.6 Å². The molecule has 18 heavy (non-hydrogen) atoms. The summed E-state index contributed by atoms with van der Waals surface area (Å²) in [5, 5.41) is 0.285. The Labute approximate surface area is 118 Å². The van der Waals surface area contributed by atoms with Crippen molar-refractivity contribution in [3.8, 4) is 0 Å². The molecule has 1 atom stereocenters. The number of hydrogen-bond acceptors (Lipinski definition) is 4. The molecule has 102 valence electrons. The smallest absolute Gasteiger partial charge is 0.243 e. The Balaban J connectivity index is 3.01. The lowest BCUT2D eigenvalue weighted by Crippen LogP contribution is -2.38. The zero-order valence-corrected chi connectivity index (χ0v) is 13.0. The van der Waals surface area contributed by atoms with E-state index in [0.29, 0.717) is 0 Å². The molecule has 1 rings (SSSR count). The molecule has 7 heteroatoms. The van der Waals surface area contributed by atoms with Crippen LogP contribution in [0.3, 0.4) is 0 Å². The maximum Gasteiger partial charge on any atom is 0.244 e. The lowest BCUT2D eigenvalue weighted by molar-refractivity contribution is 0.385. The third kappa shape index (κ3) is 3.60. The molecule has 1 aromatic rings. The van der Waals surface area contributed by atoms with E-state index in [9.17, 15) is 8.42 Å². The normalized spacial score (nSPS) is 13.8. The molecule has 0 aliphatic heterocycles. The molecule has 0 N–H and O–H groups in total. The molecule has 1 aromatic heterocycles. The van der Waals surface area contributed by atoms with Crippen molar-refractivity contribution in [1.29, 1.82) is 0 Å². The van der Waals surface area contributed by atoms with Crippen LogP contribution in [0, 0.1) is 0 Å². The predicted molar refractivity (Wildman–Crippen MR) is 76.7 cm³/mol. The van der Waals surface area contributed by atoms with Gasteiger partial charge in [0.1, 0.15) is 10.0 Å². The summed E-state index contributed by atoms with van der Waals surface area (Å²) >= 11 is 7.29. The van der Waals surface area contributed by atoms with Gasteiger partial charge in [0.15, 0.2) is 0 Å². The molecule has 0 saturated heterocycles. The minimum Gasteiger partial charge on any atom is -0.243 e. The van der Waals surface area contributed by atoms with E-state index in [1.54, 1.807) is 18.8 Å². The number of pyridine rings is 1. The van der Waals surface area contributed by atoms with Crippen LogP contribution in [0.15, 0.2) is 23.2 Å². The summed E-state index contributed by atoms with van der Waals surface area (Å²) in [5.74, 6) is 0.771. The Hall–Kier alpha value is -0.300. The van der Waals surface area contributed by atoms with Crippen LogP contribution >= 0.6 is 23.4 Å². The quantitative estimate of drug-likeness (QED) is 0.758. The van der Waals surface area contributed by atoms with Gasteiger partial charge in [0, 0.05) is 25.0 Å². The van der Waals surface area contributed by atoms with Gasteiger partial charge < -0.3 is 0 Å². The fourth-order valence-corrected chi connectivity index (χ4v) is 3.97. The van der Waals surface area contributed by atoms with E-state index in [0.717, 1.165) is 12.2 Å². The first-order valence-electron chi connectivity index (χ1n) is 5.52. The maximum atomic E-state index is 12.4. The van der Waals surface area contributed by atoms with E-state index in [1.165, 1.54) is 22.6 Å². The summed E-state index contributed by atoms with van der Waals surface area (Å²) in [7, 11) is -1.88. The number of hydrogen-bond donors (Lipinski definition) is 0. The van der Waals surface area contributed by atoms with Crippen molar-refractivity contribution < 1.29 is 8.42 Å². The molecule has 0 aromatic carbocycles. The third-order valence-corrected chi connectivity index (χ3v) is 5.56. The first-order valence-corrected chi connectivity index (χ1v) is 8.73. The fraction of sp³-hybridized carbons (Fsp3) is 0.545. The van der Waals surface area contributed by atoms with Crippen molar-refractivity contribution in [2.45, 2.75) is 24.3 Å². The number of aromatic nitrogens is 1. The Morgan fingerprint density at radius 2 is 2.17 bits per heavy atom. The SMILES string of the molecule is CCC(CSC)N(C)S(=O)(=O)c1ccc(Cl)nc1. The number of rotatable bonds is 6. The van der Waals surface area contributed by atoms with Crippen molar-refractivity contribution in [2.24, 2.45) is 0 Å². The Bertz CT molecular complexity index is 476. The zero-order valence-electron chi connectivity index (χ0n) is 10.6. The highest BCUT2D eigenvalue weighted by atomic mass is 35.5. The molecular weight excluding hydrogens is 292 g/mol. The molecule has 0 spiro atoms. The standard InChI is InChI=1S/C11H17ClN2O2S2/c1-4-9(8-17-3)14(2)18(15,16)10-5-6-11(12)13-7-10/h5-7,9H,4,8H2,1-3H3. The van der Waals surface area contributed by atoms with Crippen molar-refractivity contribution in [2.75, 3.05) is 19.1 Å². The van der Waals surface area contributed by atoms with Crippen LogP contribution in [0.25, 0.3) is 0 Å². The third-order valence-electron chi connectivity index (χ3n) is 2.72. The highest BCUT2D eigenvalue weighted by molar-refractivity contribution is 7.98. The van der Waals surface area contributed by atoms with Crippen molar-refractivity contribution in [3.63, 3.8) is 0 Å². The van der Waals surface area contributed by atoms with E-state index in [2.05, 4.69) is 4.98 Å². The molecular formula is C11H17ClN2O2S2. The largest absolute Gasteiger partial charge is 0.244 e. The van der Waals surface area contributed by atoms with E-state index in [-0.39, 0.29) is 16.1 Å². The van der Waals surface area contributed by atoms with Gasteiger partial charge in [0.05, 0.1) is 0 Å². The monoisotopic (exact) mass is 308 g/mol. The van der Waals surface area contributed by atoms with Gasteiger partial charge in [-0.25, -0.2) is 13.4 Å². The highest BCUT2D eigenvalue weighted by Gasteiger charge is 2.26. The van der Waals surface area contributed by atoms with E-state index >= 15 is 0 Å². The van der Waals surface area contributed by atoms with Crippen LogP contribution in [0.1, 0.15) is 13.3 Å². The van der Waals surface area contributed by atoms with E-state index < -0.39 is 10.0 Å². The molecule has 0 saturated carbocycles. The summed E-state index contributed by atoms with van der Waals surface area (Å²) in [5.41, 5.74) is 0. The first-order chi connectivity index (χ1) is 8.43. The second kappa shape index (κ2) is 6.75. The predicted octanol–water partition coefficient (Wildman–Crippen LogP) is 2.50. The van der Waals surface area contributed by atoms with Crippen LogP contribution < -0.4 is 0 Å². The van der Waals surface area contributed by atoms with Gasteiger partial charge in [0.2, 0.25) is 10.0 Å². The summed E-state index contributed by atoms with van der Waals surface area (Å²) in [6, 6.07) is 2.95. The molecule has 0 radical (unpaired) electrons. The lowest BCUT2D eigenvalue weighted by Gasteiger charge is -2.25. The van der Waals surface area contributed by atoms with Gasteiger partial charge in [-0.05, 0) is 24.8 Å². The molecule has 0 fully saturated rings. The zero-order chi connectivity index (χ0) is 13.8. The number of thioether (sulfide) groups is 1. The van der Waals surface area contributed by atoms with Crippen LogP contribution in [-0.4, -0.2) is 42.8 Å². The summed E-state index contributed by atoms with van der Waals surface area (Å²) in [6.07, 6.45) is 4.03. The summed E-state index contributed by atoms with van der Waals surface area (Å²) < 4.78 is 26.1. The average Bonchev–Trinajstić information content (AvgIpc) is 2.35. The van der Waals surface area contributed by atoms with Gasteiger partial charge in [-0.2, -0.15) is 16.1 Å². The Morgan fingerprint density at radius 3 is 2.61 bits per heavy atom. The minimum atomic E-state index is -3.49. The van der Waals surface area contributed by atoms with Crippen molar-refractivity contribution in [3.05, 3.63) is 23.5 Å². The van der Waals surface area contributed by atoms with Gasteiger partial charge in [0.25, 0.3) is 0 Å². The average molecular weight is 309 g/mol. The maximum absolute atomic E-state index is 12.4. The molecule has 1 unspecified atom stereocenters. The molecule has 0 amide bonds. The second-order valence-electron chi connectivity index (χ2n) is 3.86. The number of halogens is 1. The molecule has 0 aliphatic rings. The van der Waals surface area contributed by atoms with Gasteiger partial charge in [-0.1, -0.05) is 18.5 Å². The van der Waals surface area contributed by atoms with Gasteiger partial charge >= 0.3 is 0 Å². The van der Waals surface area contributed by atoms with E-state index in [1.807, 2.05) is 13.2 Å². The lowest BCUT2D eigenvalue weighted by atomic mass is 10.3. The van der Waals surface area contributed by atoms with Gasteiger partial charge in [-0.3, -0.25) is 0 Å².